The summed E-state index contributed by atoms with van der Waals surface area (Å²) in [4.78, 5) is 37.1. The van der Waals surface area contributed by atoms with Crippen LogP contribution < -0.4 is 10.3 Å². The minimum absolute atomic E-state index is 0.126. The summed E-state index contributed by atoms with van der Waals surface area (Å²) in [6.45, 7) is 5.47. The second-order valence-electron chi connectivity index (χ2n) is 7.70. The van der Waals surface area contributed by atoms with Crippen molar-refractivity contribution in [3.8, 4) is 5.75 Å². The maximum atomic E-state index is 13.4. The Morgan fingerprint density at radius 2 is 2.13 bits per heavy atom. The summed E-state index contributed by atoms with van der Waals surface area (Å²) < 4.78 is 7.22. The molecule has 0 aliphatic carbocycles. The van der Waals surface area contributed by atoms with Gasteiger partial charge in [-0.05, 0) is 19.1 Å². The molecule has 0 spiro atoms. The van der Waals surface area contributed by atoms with Crippen molar-refractivity contribution < 1.29 is 9.53 Å². The third-order valence-corrected chi connectivity index (χ3v) is 7.15. The number of ether oxygens (including phenoxy) is 1. The molecule has 0 unspecified atom stereocenters. The summed E-state index contributed by atoms with van der Waals surface area (Å²) in [7, 11) is 3.26. The van der Waals surface area contributed by atoms with Crippen molar-refractivity contribution in [3.05, 3.63) is 66.1 Å². The van der Waals surface area contributed by atoms with Gasteiger partial charge in [0.1, 0.15) is 11.3 Å². The highest BCUT2D eigenvalue weighted by molar-refractivity contribution is 7.11. The average Bonchev–Trinajstić information content (AvgIpc) is 3.36. The number of hydrogen-bond acceptors (Lipinski definition) is 7. The van der Waals surface area contributed by atoms with Crippen molar-refractivity contribution in [2.45, 2.75) is 33.0 Å². The topological polar surface area (TPSA) is 67.7 Å². The molecule has 0 aromatic carbocycles. The molecule has 0 saturated heterocycles. The largest absolute Gasteiger partial charge is 0.496 e. The molecule has 1 aliphatic rings. The van der Waals surface area contributed by atoms with E-state index in [1.165, 1.54) is 34.3 Å². The van der Waals surface area contributed by atoms with Gasteiger partial charge < -0.3 is 14.2 Å². The Kier molecular flexibility index (Phi) is 6.54. The van der Waals surface area contributed by atoms with Gasteiger partial charge in [-0.2, -0.15) is 0 Å². The van der Waals surface area contributed by atoms with Crippen molar-refractivity contribution in [3.63, 3.8) is 0 Å². The van der Waals surface area contributed by atoms with Crippen molar-refractivity contribution in [1.29, 1.82) is 0 Å². The summed E-state index contributed by atoms with van der Waals surface area (Å²) in [6.07, 6.45) is 0.614. The number of pyridine rings is 1. The van der Waals surface area contributed by atoms with Crippen LogP contribution in [0.3, 0.4) is 0 Å². The second kappa shape index (κ2) is 9.33. The Labute approximate surface area is 189 Å². The Morgan fingerprint density at radius 3 is 2.81 bits per heavy atom. The maximum Gasteiger partial charge on any atom is 0.259 e. The highest BCUT2D eigenvalue weighted by atomic mass is 32.1. The maximum absolute atomic E-state index is 13.4. The SMILES string of the molecule is COc1cc(=O)n2c(c1C(=O)N(C)Cc1cscn1)CCN(Cc1ccc(C)s1)CC2. The smallest absolute Gasteiger partial charge is 0.259 e. The van der Waals surface area contributed by atoms with Gasteiger partial charge in [0.25, 0.3) is 11.5 Å². The quantitative estimate of drug-likeness (QED) is 0.568. The van der Waals surface area contributed by atoms with Crippen LogP contribution in [0.25, 0.3) is 0 Å². The molecule has 0 radical (unpaired) electrons. The van der Waals surface area contributed by atoms with Gasteiger partial charge in [-0.1, -0.05) is 0 Å². The minimum Gasteiger partial charge on any atom is -0.496 e. The summed E-state index contributed by atoms with van der Waals surface area (Å²) in [6, 6.07) is 5.73. The van der Waals surface area contributed by atoms with Crippen LogP contribution in [0.4, 0.5) is 0 Å². The number of aryl methyl sites for hydroxylation is 1. The molecule has 4 heterocycles. The van der Waals surface area contributed by atoms with Gasteiger partial charge in [-0.25, -0.2) is 4.98 Å². The molecule has 0 bridgehead atoms. The molecule has 0 fully saturated rings. The van der Waals surface area contributed by atoms with Crippen molar-refractivity contribution in [2.24, 2.45) is 0 Å². The molecule has 7 nitrogen and oxygen atoms in total. The van der Waals surface area contributed by atoms with E-state index in [1.807, 2.05) is 5.38 Å². The first-order valence-electron chi connectivity index (χ1n) is 10.2. The van der Waals surface area contributed by atoms with Crippen molar-refractivity contribution >= 4 is 28.6 Å². The summed E-state index contributed by atoms with van der Waals surface area (Å²) in [5.41, 5.74) is 3.71. The number of methoxy groups -OCH3 is 1. The van der Waals surface area contributed by atoms with E-state index in [9.17, 15) is 9.59 Å². The van der Waals surface area contributed by atoms with Crippen LogP contribution in [0.15, 0.2) is 33.9 Å². The fraction of sp³-hybridized carbons (Fsp3) is 0.409. The zero-order valence-electron chi connectivity index (χ0n) is 18.0. The van der Waals surface area contributed by atoms with Crippen LogP contribution in [-0.2, 0) is 26.1 Å². The molecule has 31 heavy (non-hydrogen) atoms. The average molecular weight is 459 g/mol. The van der Waals surface area contributed by atoms with Crippen molar-refractivity contribution in [2.75, 3.05) is 27.2 Å². The Balaban J connectivity index is 1.62. The Morgan fingerprint density at radius 1 is 1.29 bits per heavy atom. The number of aromatic nitrogens is 2. The molecule has 164 valence electrons. The van der Waals surface area contributed by atoms with Crippen LogP contribution in [0.2, 0.25) is 0 Å². The number of hydrogen-bond donors (Lipinski definition) is 0. The van der Waals surface area contributed by atoms with E-state index in [0.717, 1.165) is 31.0 Å². The van der Waals surface area contributed by atoms with E-state index < -0.39 is 0 Å². The van der Waals surface area contributed by atoms with E-state index in [0.29, 0.717) is 30.8 Å². The minimum atomic E-state index is -0.157. The van der Waals surface area contributed by atoms with Crippen LogP contribution in [0.1, 0.15) is 31.5 Å². The number of carbonyl (C=O) groups excluding carboxylic acids is 1. The van der Waals surface area contributed by atoms with Gasteiger partial charge in [0.15, 0.2) is 0 Å². The number of rotatable bonds is 6. The second-order valence-corrected chi connectivity index (χ2v) is 9.79. The van der Waals surface area contributed by atoms with Crippen LogP contribution in [0, 0.1) is 6.92 Å². The van der Waals surface area contributed by atoms with E-state index in [2.05, 4.69) is 28.9 Å². The summed E-state index contributed by atoms with van der Waals surface area (Å²) in [5.74, 6) is 0.185. The third kappa shape index (κ3) is 4.73. The molecule has 1 aliphatic heterocycles. The molecule has 0 N–H and O–H groups in total. The van der Waals surface area contributed by atoms with Crippen LogP contribution >= 0.6 is 22.7 Å². The van der Waals surface area contributed by atoms with E-state index in [4.69, 9.17) is 4.74 Å². The standard InChI is InChI=1S/C22H26N4O3S2/c1-15-4-5-17(31-15)12-25-7-6-18-21(19(29-3)10-20(27)26(18)9-8-25)22(28)24(2)11-16-13-30-14-23-16/h4-5,10,13-14H,6-9,11-12H2,1-3H3. The van der Waals surface area contributed by atoms with Gasteiger partial charge in [-0.3, -0.25) is 14.5 Å². The van der Waals surface area contributed by atoms with Gasteiger partial charge in [0.2, 0.25) is 0 Å². The zero-order chi connectivity index (χ0) is 22.0. The Hall–Kier alpha value is -2.49. The highest BCUT2D eigenvalue weighted by Crippen LogP contribution is 2.26. The highest BCUT2D eigenvalue weighted by Gasteiger charge is 2.27. The molecule has 4 rings (SSSR count). The molecule has 0 saturated carbocycles. The molecular formula is C22H26N4O3S2. The molecule has 1 amide bonds. The molecule has 9 heteroatoms. The predicted molar refractivity (Wildman–Crippen MR) is 123 cm³/mol. The predicted octanol–water partition coefficient (Wildman–Crippen LogP) is 3.01. The lowest BCUT2D eigenvalue weighted by molar-refractivity contribution is 0.0777. The Bertz CT molecular complexity index is 1120. The number of carbonyl (C=O) groups is 1. The molecule has 3 aromatic heterocycles. The lowest BCUT2D eigenvalue weighted by atomic mass is 10.1. The van der Waals surface area contributed by atoms with Crippen LogP contribution in [-0.4, -0.2) is 52.5 Å². The van der Waals surface area contributed by atoms with Crippen molar-refractivity contribution in [1.82, 2.24) is 19.4 Å². The monoisotopic (exact) mass is 458 g/mol. The van der Waals surface area contributed by atoms with E-state index in [1.54, 1.807) is 33.4 Å². The lowest BCUT2D eigenvalue weighted by Gasteiger charge is -2.21. The van der Waals surface area contributed by atoms with Gasteiger partial charge in [-0.15, -0.1) is 22.7 Å². The third-order valence-electron chi connectivity index (χ3n) is 5.52. The number of amides is 1. The fourth-order valence-corrected chi connectivity index (χ4v) is 5.44. The molecular weight excluding hydrogens is 432 g/mol. The summed E-state index contributed by atoms with van der Waals surface area (Å²) in [5, 5.41) is 1.93. The van der Waals surface area contributed by atoms with Gasteiger partial charge >= 0.3 is 0 Å². The zero-order valence-corrected chi connectivity index (χ0v) is 19.6. The fourth-order valence-electron chi connectivity index (χ4n) is 3.95. The first-order valence-corrected chi connectivity index (χ1v) is 11.9. The van der Waals surface area contributed by atoms with Crippen LogP contribution in [0.5, 0.6) is 5.75 Å². The van der Waals surface area contributed by atoms with Gasteiger partial charge in [0, 0.05) is 66.5 Å². The number of thiazole rings is 1. The van der Waals surface area contributed by atoms with E-state index in [-0.39, 0.29) is 11.5 Å². The van der Waals surface area contributed by atoms with E-state index >= 15 is 0 Å². The summed E-state index contributed by atoms with van der Waals surface area (Å²) >= 11 is 3.30. The number of fused-ring (bicyclic) bond motifs is 1. The van der Waals surface area contributed by atoms with Gasteiger partial charge in [0.05, 0.1) is 24.9 Å². The lowest BCUT2D eigenvalue weighted by Crippen LogP contribution is -2.32. The first kappa shape index (κ1) is 21.7. The normalized spacial score (nSPS) is 14.2. The first-order chi connectivity index (χ1) is 15.0. The number of nitrogens with zero attached hydrogens (tertiary/aromatic N) is 4. The molecule has 0 atom stereocenters. The number of thiophene rings is 1. The molecule has 3 aromatic rings.